The van der Waals surface area contributed by atoms with E-state index in [0.717, 1.165) is 10.7 Å². The molecule has 0 radical (unpaired) electrons. The quantitative estimate of drug-likeness (QED) is 0.627. The SMILES string of the molecule is COC(=O)c1ccc2ncc(F)n2n1. The summed E-state index contributed by atoms with van der Waals surface area (Å²) >= 11 is 0. The van der Waals surface area contributed by atoms with E-state index in [4.69, 9.17) is 0 Å². The van der Waals surface area contributed by atoms with Crippen LogP contribution in [0.25, 0.3) is 5.65 Å². The first-order chi connectivity index (χ1) is 6.72. The standard InChI is InChI=1S/C8H6FN3O2/c1-14-8(13)5-2-3-7-10-4-6(9)12(7)11-5/h2-4H,1H3. The smallest absolute Gasteiger partial charge is 0.358 e. The summed E-state index contributed by atoms with van der Waals surface area (Å²) in [5.74, 6) is -1.23. The zero-order valence-electron chi connectivity index (χ0n) is 7.27. The molecule has 72 valence electrons. The van der Waals surface area contributed by atoms with Gasteiger partial charge < -0.3 is 4.74 Å². The largest absolute Gasteiger partial charge is 0.464 e. The average molecular weight is 195 g/mol. The van der Waals surface area contributed by atoms with Gasteiger partial charge in [-0.15, -0.1) is 0 Å². The zero-order valence-corrected chi connectivity index (χ0v) is 7.27. The summed E-state index contributed by atoms with van der Waals surface area (Å²) in [5, 5.41) is 3.71. The van der Waals surface area contributed by atoms with Crippen molar-refractivity contribution in [3.05, 3.63) is 30.0 Å². The fourth-order valence-electron chi connectivity index (χ4n) is 1.06. The molecule has 6 heteroatoms. The number of hydrogen-bond acceptors (Lipinski definition) is 4. The van der Waals surface area contributed by atoms with Crippen LogP contribution in [0, 0.1) is 5.95 Å². The maximum atomic E-state index is 13.0. The molecule has 14 heavy (non-hydrogen) atoms. The minimum Gasteiger partial charge on any atom is -0.464 e. The number of nitrogens with zero attached hydrogens (tertiary/aromatic N) is 3. The van der Waals surface area contributed by atoms with E-state index in [2.05, 4.69) is 14.8 Å². The second kappa shape index (κ2) is 3.06. The first-order valence-electron chi connectivity index (χ1n) is 3.81. The molecule has 0 aliphatic rings. The van der Waals surface area contributed by atoms with E-state index in [1.54, 1.807) is 0 Å². The van der Waals surface area contributed by atoms with Crippen molar-refractivity contribution in [2.75, 3.05) is 7.11 Å². The molecule has 0 aliphatic carbocycles. The molecule has 0 spiro atoms. The van der Waals surface area contributed by atoms with Gasteiger partial charge in [-0.2, -0.15) is 14.0 Å². The molecule has 0 saturated carbocycles. The molecule has 2 aromatic heterocycles. The Labute approximate surface area is 78.1 Å². The Kier molecular flexibility index (Phi) is 1.88. The Morgan fingerprint density at radius 2 is 2.36 bits per heavy atom. The van der Waals surface area contributed by atoms with Gasteiger partial charge in [0.2, 0.25) is 5.95 Å². The number of ether oxygens (including phenoxy) is 1. The van der Waals surface area contributed by atoms with Crippen molar-refractivity contribution in [1.29, 1.82) is 0 Å². The van der Waals surface area contributed by atoms with Crippen LogP contribution in [0.3, 0.4) is 0 Å². The van der Waals surface area contributed by atoms with Gasteiger partial charge in [0.25, 0.3) is 0 Å². The van der Waals surface area contributed by atoms with Gasteiger partial charge in [0.1, 0.15) is 0 Å². The third-order valence-electron chi connectivity index (χ3n) is 1.72. The summed E-state index contributed by atoms with van der Waals surface area (Å²) in [6, 6.07) is 2.91. The molecule has 0 N–H and O–H groups in total. The predicted octanol–water partition coefficient (Wildman–Crippen LogP) is 0.655. The van der Waals surface area contributed by atoms with Crippen LogP contribution < -0.4 is 0 Å². The van der Waals surface area contributed by atoms with Crippen LogP contribution in [0.1, 0.15) is 10.5 Å². The number of aromatic nitrogens is 3. The molecule has 0 aliphatic heterocycles. The third-order valence-corrected chi connectivity index (χ3v) is 1.72. The van der Waals surface area contributed by atoms with Gasteiger partial charge in [-0.25, -0.2) is 9.78 Å². The molecule has 0 aromatic carbocycles. The summed E-state index contributed by atoms with van der Waals surface area (Å²) in [6.45, 7) is 0. The molecule has 2 aromatic rings. The normalized spacial score (nSPS) is 10.4. The van der Waals surface area contributed by atoms with E-state index in [-0.39, 0.29) is 5.69 Å². The number of esters is 1. The lowest BCUT2D eigenvalue weighted by molar-refractivity contribution is 0.0592. The number of hydrogen-bond donors (Lipinski definition) is 0. The predicted molar refractivity (Wildman–Crippen MR) is 44.3 cm³/mol. The number of carbonyl (C=O) groups excluding carboxylic acids is 1. The number of carbonyl (C=O) groups is 1. The Hall–Kier alpha value is -1.98. The second-order valence-electron chi connectivity index (χ2n) is 2.56. The molecular formula is C8H6FN3O2. The number of imidazole rings is 1. The first-order valence-corrected chi connectivity index (χ1v) is 3.81. The van der Waals surface area contributed by atoms with Crippen molar-refractivity contribution in [2.24, 2.45) is 0 Å². The summed E-state index contributed by atoms with van der Waals surface area (Å²) in [7, 11) is 1.23. The van der Waals surface area contributed by atoms with Crippen molar-refractivity contribution in [3.63, 3.8) is 0 Å². The summed E-state index contributed by atoms with van der Waals surface area (Å²) in [6.07, 6.45) is 1.03. The second-order valence-corrected chi connectivity index (χ2v) is 2.56. The molecule has 0 unspecified atom stereocenters. The Morgan fingerprint density at radius 1 is 1.57 bits per heavy atom. The number of halogens is 1. The summed E-state index contributed by atoms with van der Waals surface area (Å²) in [4.78, 5) is 14.8. The maximum absolute atomic E-state index is 13.0. The van der Waals surface area contributed by atoms with Gasteiger partial charge in [-0.1, -0.05) is 0 Å². The van der Waals surface area contributed by atoms with Crippen LogP contribution in [-0.2, 0) is 4.74 Å². The number of fused-ring (bicyclic) bond motifs is 1. The Balaban J connectivity index is 2.60. The van der Waals surface area contributed by atoms with Crippen LogP contribution in [0.2, 0.25) is 0 Å². The van der Waals surface area contributed by atoms with Crippen molar-refractivity contribution >= 4 is 11.6 Å². The topological polar surface area (TPSA) is 56.5 Å². The molecule has 0 bridgehead atoms. The molecule has 0 fully saturated rings. The fourth-order valence-corrected chi connectivity index (χ4v) is 1.06. The van der Waals surface area contributed by atoms with Crippen LogP contribution >= 0.6 is 0 Å². The van der Waals surface area contributed by atoms with Crippen LogP contribution in [0.5, 0.6) is 0 Å². The lowest BCUT2D eigenvalue weighted by Gasteiger charge is -1.98. The van der Waals surface area contributed by atoms with Gasteiger partial charge in [0.15, 0.2) is 11.3 Å². The molecule has 0 atom stereocenters. The van der Waals surface area contributed by atoms with Crippen molar-refractivity contribution in [1.82, 2.24) is 14.6 Å². The minimum absolute atomic E-state index is 0.0388. The van der Waals surface area contributed by atoms with Gasteiger partial charge in [0.05, 0.1) is 13.3 Å². The van der Waals surface area contributed by atoms with Gasteiger partial charge in [-0.3, -0.25) is 0 Å². The molecule has 2 heterocycles. The molecule has 0 amide bonds. The van der Waals surface area contributed by atoms with Gasteiger partial charge >= 0.3 is 5.97 Å². The lowest BCUT2D eigenvalue weighted by Crippen LogP contribution is -2.08. The highest BCUT2D eigenvalue weighted by Crippen LogP contribution is 2.04. The van der Waals surface area contributed by atoms with Gasteiger partial charge in [-0.05, 0) is 12.1 Å². The lowest BCUT2D eigenvalue weighted by atomic mass is 10.4. The van der Waals surface area contributed by atoms with E-state index in [1.165, 1.54) is 19.2 Å². The van der Waals surface area contributed by atoms with E-state index in [1.807, 2.05) is 0 Å². The van der Waals surface area contributed by atoms with E-state index in [0.29, 0.717) is 5.65 Å². The van der Waals surface area contributed by atoms with Gasteiger partial charge in [0, 0.05) is 0 Å². The Morgan fingerprint density at radius 3 is 3.07 bits per heavy atom. The van der Waals surface area contributed by atoms with E-state index >= 15 is 0 Å². The summed E-state index contributed by atoms with van der Waals surface area (Å²) < 4.78 is 18.4. The highest BCUT2D eigenvalue weighted by Gasteiger charge is 2.10. The molecular weight excluding hydrogens is 189 g/mol. The monoisotopic (exact) mass is 195 g/mol. The van der Waals surface area contributed by atoms with Crippen molar-refractivity contribution in [3.8, 4) is 0 Å². The zero-order chi connectivity index (χ0) is 10.1. The first kappa shape index (κ1) is 8.61. The molecule has 5 nitrogen and oxygen atoms in total. The maximum Gasteiger partial charge on any atom is 0.358 e. The third kappa shape index (κ3) is 1.20. The van der Waals surface area contributed by atoms with Crippen molar-refractivity contribution in [2.45, 2.75) is 0 Å². The average Bonchev–Trinajstić information content (AvgIpc) is 2.59. The highest BCUT2D eigenvalue weighted by atomic mass is 19.1. The van der Waals surface area contributed by atoms with Crippen molar-refractivity contribution < 1.29 is 13.9 Å². The number of methoxy groups -OCH3 is 1. The number of rotatable bonds is 1. The van der Waals surface area contributed by atoms with Crippen LogP contribution in [0.15, 0.2) is 18.3 Å². The summed E-state index contributed by atoms with van der Waals surface area (Å²) in [5.41, 5.74) is 0.382. The molecule has 0 saturated heterocycles. The van der Waals surface area contributed by atoms with E-state index in [9.17, 15) is 9.18 Å². The minimum atomic E-state index is -0.620. The molecule has 2 rings (SSSR count). The Bertz CT molecular complexity index is 494. The van der Waals surface area contributed by atoms with Crippen LogP contribution in [0.4, 0.5) is 4.39 Å². The fraction of sp³-hybridized carbons (Fsp3) is 0.125. The van der Waals surface area contributed by atoms with Crippen LogP contribution in [-0.4, -0.2) is 27.7 Å². The highest BCUT2D eigenvalue weighted by molar-refractivity contribution is 5.87. The van der Waals surface area contributed by atoms with E-state index < -0.39 is 11.9 Å².